The highest BCUT2D eigenvalue weighted by Crippen LogP contribution is 2.36. The number of rotatable bonds is 56. The Labute approximate surface area is 406 Å². The summed E-state index contributed by atoms with van der Waals surface area (Å²) in [5, 5.41) is 13.6. The Morgan fingerprint density at radius 2 is 0.600 bits per heavy atom. The average Bonchev–Trinajstić information content (AvgIpc) is 3.28. The molecule has 390 valence electrons. The highest BCUT2D eigenvalue weighted by molar-refractivity contribution is 7.46. The van der Waals surface area contributed by atoms with E-state index in [0.29, 0.717) is 12.8 Å². The van der Waals surface area contributed by atoms with Crippen molar-refractivity contribution in [1.82, 2.24) is 5.32 Å². The van der Waals surface area contributed by atoms with Crippen molar-refractivity contribution in [1.29, 1.82) is 0 Å². The number of aliphatic hydroxyl groups excluding tert-OH is 1. The summed E-state index contributed by atoms with van der Waals surface area (Å²) in [5.74, 6) is -0.184. The molecule has 0 aromatic carbocycles. The fourth-order valence-electron chi connectivity index (χ4n) is 9.65. The van der Waals surface area contributed by atoms with Crippen molar-refractivity contribution in [2.75, 3.05) is 6.61 Å². The number of hydrogen-bond acceptors (Lipinski definition) is 4. The van der Waals surface area contributed by atoms with E-state index in [1.807, 2.05) is 0 Å². The molecule has 0 spiro atoms. The number of nitrogens with one attached hydrogen (secondary N) is 1. The lowest BCUT2D eigenvalue weighted by Gasteiger charge is -2.24. The normalized spacial score (nSPS) is 12.9. The van der Waals surface area contributed by atoms with Crippen LogP contribution in [0.4, 0.5) is 0 Å². The van der Waals surface area contributed by atoms with Crippen LogP contribution in [0.25, 0.3) is 0 Å². The number of phosphoric ester groups is 1. The highest BCUT2D eigenvalue weighted by Gasteiger charge is 2.25. The Balaban J connectivity index is 3.63. The molecule has 0 aromatic heterocycles. The zero-order valence-corrected chi connectivity index (χ0v) is 44.8. The van der Waals surface area contributed by atoms with E-state index < -0.39 is 26.6 Å². The Bertz CT molecular complexity index is 977. The minimum atomic E-state index is -4.70. The van der Waals surface area contributed by atoms with E-state index in [-0.39, 0.29) is 5.91 Å². The van der Waals surface area contributed by atoms with Gasteiger partial charge in [0.15, 0.2) is 0 Å². The lowest BCUT2D eigenvalue weighted by molar-refractivity contribution is -0.123. The van der Waals surface area contributed by atoms with Crippen LogP contribution < -0.4 is 5.32 Å². The Morgan fingerprint density at radius 1 is 0.385 bits per heavy atom. The monoisotopic (exact) mass is 942 g/mol. The van der Waals surface area contributed by atoms with Gasteiger partial charge in [-0.2, -0.15) is 0 Å². The van der Waals surface area contributed by atoms with Gasteiger partial charge in [-0.3, -0.25) is 9.32 Å². The molecule has 0 bridgehead atoms. The molecule has 0 unspecified atom stereocenters. The molecule has 7 nitrogen and oxygen atoms in total. The third-order valence-corrected chi connectivity index (χ3v) is 14.6. The fourth-order valence-corrected chi connectivity index (χ4v) is 10.0. The minimum absolute atomic E-state index is 0.184. The second kappa shape index (κ2) is 52.9. The van der Waals surface area contributed by atoms with E-state index in [2.05, 4.69) is 19.2 Å². The van der Waals surface area contributed by atoms with Gasteiger partial charge >= 0.3 is 7.82 Å². The van der Waals surface area contributed by atoms with Crippen LogP contribution in [-0.4, -0.2) is 39.6 Å². The van der Waals surface area contributed by atoms with Gasteiger partial charge in [-0.05, 0) is 12.8 Å². The van der Waals surface area contributed by atoms with E-state index >= 15 is 0 Å². The number of amides is 1. The van der Waals surface area contributed by atoms with Gasteiger partial charge in [-0.1, -0.05) is 322 Å². The van der Waals surface area contributed by atoms with E-state index in [9.17, 15) is 24.3 Å². The van der Waals surface area contributed by atoms with Crippen LogP contribution in [0.5, 0.6) is 0 Å². The number of unbranched alkanes of at least 4 members (excludes halogenated alkanes) is 47. The molecule has 0 aliphatic rings. The zero-order valence-electron chi connectivity index (χ0n) is 43.9. The molecule has 0 saturated carbocycles. The predicted molar refractivity (Wildman–Crippen MR) is 283 cm³/mol. The van der Waals surface area contributed by atoms with E-state index in [4.69, 9.17) is 4.52 Å². The Kier molecular flexibility index (Phi) is 52.5. The maximum absolute atomic E-state index is 12.7. The average molecular weight is 943 g/mol. The standard InChI is InChI=1S/C57H116NO6P/c1-3-5-7-9-11-13-15-17-19-21-22-23-24-25-26-27-28-29-30-31-32-33-34-35-37-39-41-43-45-47-49-51-53-57(60)58-55(54-64-65(61,62)63)56(59)52-50-48-46-44-42-40-38-36-20-18-16-14-12-10-8-6-4-2/h55-56,59H,3-54H2,1-2H3,(H,58,60)(H2,61,62,63)/t55-,56+/m0/s1. The van der Waals surface area contributed by atoms with E-state index in [0.717, 1.165) is 38.5 Å². The fraction of sp³-hybridized carbons (Fsp3) is 0.982. The molecule has 0 heterocycles. The predicted octanol–water partition coefficient (Wildman–Crippen LogP) is 18.9. The molecule has 65 heavy (non-hydrogen) atoms. The summed E-state index contributed by atoms with van der Waals surface area (Å²) in [7, 11) is -4.70. The molecule has 1 amide bonds. The van der Waals surface area contributed by atoms with Gasteiger partial charge in [0.2, 0.25) is 5.91 Å². The van der Waals surface area contributed by atoms with Crippen LogP contribution in [-0.2, 0) is 13.9 Å². The summed E-state index contributed by atoms with van der Waals surface area (Å²) in [5.41, 5.74) is 0. The molecular weight excluding hydrogens is 826 g/mol. The van der Waals surface area contributed by atoms with Gasteiger partial charge in [0.25, 0.3) is 0 Å². The molecule has 0 saturated heterocycles. The minimum Gasteiger partial charge on any atom is -0.391 e. The van der Waals surface area contributed by atoms with Crippen LogP contribution in [0.3, 0.4) is 0 Å². The van der Waals surface area contributed by atoms with Gasteiger partial charge < -0.3 is 20.2 Å². The van der Waals surface area contributed by atoms with E-state index in [1.165, 1.54) is 276 Å². The summed E-state index contributed by atoms with van der Waals surface area (Å²) in [6.45, 7) is 4.18. The largest absolute Gasteiger partial charge is 0.469 e. The number of carbonyl (C=O) groups is 1. The van der Waals surface area contributed by atoms with Crippen LogP contribution in [0.2, 0.25) is 0 Å². The van der Waals surface area contributed by atoms with Gasteiger partial charge in [-0.15, -0.1) is 0 Å². The van der Waals surface area contributed by atoms with Gasteiger partial charge in [0, 0.05) is 6.42 Å². The lowest BCUT2D eigenvalue weighted by Crippen LogP contribution is -2.46. The van der Waals surface area contributed by atoms with Crippen molar-refractivity contribution in [3.8, 4) is 0 Å². The Morgan fingerprint density at radius 3 is 0.831 bits per heavy atom. The first-order chi connectivity index (χ1) is 31.8. The number of phosphoric acid groups is 1. The molecule has 0 rings (SSSR count). The van der Waals surface area contributed by atoms with Crippen LogP contribution in [0.15, 0.2) is 0 Å². The molecule has 2 atom stereocenters. The second-order valence-electron chi connectivity index (χ2n) is 20.7. The summed E-state index contributed by atoms with van der Waals surface area (Å²) in [6.07, 6.45) is 65.8. The van der Waals surface area contributed by atoms with Crippen molar-refractivity contribution in [2.45, 2.75) is 353 Å². The SMILES string of the molecule is CCCCCCCCCCCCCCCCCCCCCCCCCCCCCCCCCCC(=O)N[C@@H](COP(=O)(O)O)[C@H](O)CCCCCCCCCCCCCCCCCCC. The number of hydrogen-bond donors (Lipinski definition) is 4. The maximum Gasteiger partial charge on any atom is 0.469 e. The van der Waals surface area contributed by atoms with E-state index in [1.54, 1.807) is 0 Å². The summed E-state index contributed by atoms with van der Waals surface area (Å²) >= 11 is 0. The summed E-state index contributed by atoms with van der Waals surface area (Å²) in [6, 6.07) is -0.820. The first-order valence-electron chi connectivity index (χ1n) is 29.5. The Hall–Kier alpha value is -0.460. The number of aliphatic hydroxyl groups is 1. The van der Waals surface area contributed by atoms with Crippen LogP contribution >= 0.6 is 7.82 Å². The van der Waals surface area contributed by atoms with Crippen molar-refractivity contribution < 1.29 is 28.8 Å². The second-order valence-corrected chi connectivity index (χ2v) is 21.9. The first-order valence-corrected chi connectivity index (χ1v) is 31.0. The van der Waals surface area contributed by atoms with Crippen molar-refractivity contribution in [3.05, 3.63) is 0 Å². The quantitative estimate of drug-likeness (QED) is 0.0357. The number of carbonyl (C=O) groups excluding carboxylic acids is 1. The lowest BCUT2D eigenvalue weighted by atomic mass is 10.0. The molecule has 0 aliphatic carbocycles. The van der Waals surface area contributed by atoms with Crippen molar-refractivity contribution >= 4 is 13.7 Å². The van der Waals surface area contributed by atoms with Gasteiger partial charge in [0.1, 0.15) is 0 Å². The van der Waals surface area contributed by atoms with Gasteiger partial charge in [-0.25, -0.2) is 4.57 Å². The van der Waals surface area contributed by atoms with Gasteiger partial charge in [0.05, 0.1) is 18.8 Å². The third-order valence-electron chi connectivity index (χ3n) is 14.1. The molecular formula is C57H116NO6P. The summed E-state index contributed by atoms with van der Waals surface area (Å²) < 4.78 is 16.1. The molecule has 0 aliphatic heterocycles. The summed E-state index contributed by atoms with van der Waals surface area (Å²) in [4.78, 5) is 31.2. The highest BCUT2D eigenvalue weighted by atomic mass is 31.2. The third kappa shape index (κ3) is 54.3. The smallest absolute Gasteiger partial charge is 0.391 e. The maximum atomic E-state index is 12.7. The van der Waals surface area contributed by atoms with Crippen molar-refractivity contribution in [2.24, 2.45) is 0 Å². The van der Waals surface area contributed by atoms with Crippen LogP contribution in [0.1, 0.15) is 341 Å². The molecule has 0 fully saturated rings. The molecule has 0 radical (unpaired) electrons. The molecule has 4 N–H and O–H groups in total. The first kappa shape index (κ1) is 64.5. The van der Waals surface area contributed by atoms with Crippen LogP contribution in [0, 0.1) is 0 Å². The van der Waals surface area contributed by atoms with Crippen molar-refractivity contribution in [3.63, 3.8) is 0 Å². The molecule has 0 aromatic rings. The zero-order chi connectivity index (χ0) is 47.4. The molecule has 8 heteroatoms. The topological polar surface area (TPSA) is 116 Å².